The Hall–Kier alpha value is -1.63. The first kappa shape index (κ1) is 9.91. The molecule has 0 radical (unpaired) electrons. The van der Waals surface area contributed by atoms with E-state index in [4.69, 9.17) is 9.84 Å². The molecule has 1 N–H and O–H groups in total. The van der Waals surface area contributed by atoms with Crippen molar-refractivity contribution in [2.75, 3.05) is 6.61 Å². The second-order valence-electron chi connectivity index (χ2n) is 3.37. The molecule has 0 aromatic carbocycles. The van der Waals surface area contributed by atoms with Crippen molar-refractivity contribution in [2.24, 2.45) is 0 Å². The molecule has 0 unspecified atom stereocenters. The first-order valence-electron chi connectivity index (χ1n) is 4.70. The Morgan fingerprint density at radius 3 is 3.27 bits per heavy atom. The Balaban J connectivity index is 2.15. The van der Waals surface area contributed by atoms with Gasteiger partial charge in [0.25, 0.3) is 0 Å². The first-order chi connectivity index (χ1) is 7.20. The lowest BCUT2D eigenvalue weighted by molar-refractivity contribution is -0.389. The predicted molar refractivity (Wildman–Crippen MR) is 49.6 cm³/mol. The van der Waals surface area contributed by atoms with E-state index < -0.39 is 4.92 Å². The highest BCUT2D eigenvalue weighted by Crippen LogP contribution is 2.24. The van der Waals surface area contributed by atoms with Crippen molar-refractivity contribution in [1.29, 1.82) is 0 Å². The van der Waals surface area contributed by atoms with Gasteiger partial charge < -0.3 is 20.0 Å². The molecule has 1 aromatic rings. The van der Waals surface area contributed by atoms with Crippen molar-refractivity contribution in [2.45, 2.75) is 25.5 Å². The predicted octanol–water partition coefficient (Wildman–Crippen LogP) is 0.325. The van der Waals surface area contributed by atoms with Crippen LogP contribution in [0.5, 0.6) is 6.01 Å². The fraction of sp³-hybridized carbons (Fsp3) is 0.625. The molecule has 7 nitrogen and oxygen atoms in total. The van der Waals surface area contributed by atoms with Crippen molar-refractivity contribution in [3.63, 3.8) is 0 Å². The van der Waals surface area contributed by atoms with Crippen LogP contribution in [0, 0.1) is 10.1 Å². The van der Waals surface area contributed by atoms with E-state index in [1.807, 2.05) is 0 Å². The third-order valence-corrected chi connectivity index (χ3v) is 2.33. The second-order valence-corrected chi connectivity index (χ2v) is 3.37. The summed E-state index contributed by atoms with van der Waals surface area (Å²) in [6.07, 6.45) is 2.54. The van der Waals surface area contributed by atoms with Gasteiger partial charge >= 0.3 is 11.8 Å². The van der Waals surface area contributed by atoms with Crippen LogP contribution in [-0.2, 0) is 6.54 Å². The Kier molecular flexibility index (Phi) is 2.55. The van der Waals surface area contributed by atoms with Crippen LogP contribution >= 0.6 is 0 Å². The van der Waals surface area contributed by atoms with E-state index in [0.29, 0.717) is 13.0 Å². The highest BCUT2D eigenvalue weighted by atomic mass is 16.6. The number of ether oxygens (including phenoxy) is 1. The number of fused-ring (bicyclic) bond motifs is 1. The normalized spacial score (nSPS) is 19.4. The third-order valence-electron chi connectivity index (χ3n) is 2.33. The molecule has 1 atom stereocenters. The molecule has 0 bridgehead atoms. The van der Waals surface area contributed by atoms with Gasteiger partial charge in [-0.15, -0.1) is 0 Å². The fourth-order valence-corrected chi connectivity index (χ4v) is 1.57. The molecule has 0 saturated carbocycles. The summed E-state index contributed by atoms with van der Waals surface area (Å²) >= 11 is 0. The summed E-state index contributed by atoms with van der Waals surface area (Å²) in [5.41, 5.74) is 0. The summed E-state index contributed by atoms with van der Waals surface area (Å²) < 4.78 is 7.01. The highest BCUT2D eigenvalue weighted by molar-refractivity contribution is 5.21. The molecule has 0 aliphatic carbocycles. The SMILES string of the molecule is O=[N+]([O-])c1cn2c(n1)O[C@H](CCO)CC2. The summed E-state index contributed by atoms with van der Waals surface area (Å²) in [4.78, 5) is 13.7. The number of hydrogen-bond acceptors (Lipinski definition) is 5. The molecular formula is C8H11N3O4. The molecule has 0 spiro atoms. The zero-order valence-electron chi connectivity index (χ0n) is 8.00. The summed E-state index contributed by atoms with van der Waals surface area (Å²) in [6.45, 7) is 0.689. The molecule has 0 fully saturated rings. The molecule has 1 aliphatic heterocycles. The van der Waals surface area contributed by atoms with Gasteiger partial charge in [-0.1, -0.05) is 0 Å². The van der Waals surface area contributed by atoms with Crippen molar-refractivity contribution >= 4 is 5.82 Å². The Bertz CT molecular complexity index is 376. The summed E-state index contributed by atoms with van der Waals surface area (Å²) in [7, 11) is 0. The van der Waals surface area contributed by atoms with Gasteiger partial charge in [-0.3, -0.25) is 4.57 Å². The van der Waals surface area contributed by atoms with Crippen LogP contribution in [0.25, 0.3) is 0 Å². The molecule has 0 amide bonds. The van der Waals surface area contributed by atoms with Crippen LogP contribution < -0.4 is 4.74 Å². The van der Waals surface area contributed by atoms with Gasteiger partial charge in [0.15, 0.2) is 0 Å². The standard InChI is InChI=1S/C8H11N3O4/c12-4-2-6-1-3-10-5-7(11(13)14)9-8(10)15-6/h5-6,12H,1-4H2/t6-/m0/s1. The van der Waals surface area contributed by atoms with Crippen LogP contribution in [0.1, 0.15) is 12.8 Å². The molecule has 2 rings (SSSR count). The van der Waals surface area contributed by atoms with E-state index in [-0.39, 0.29) is 24.5 Å². The highest BCUT2D eigenvalue weighted by Gasteiger charge is 2.27. The minimum Gasteiger partial charge on any atom is -0.442 e. The molecular weight excluding hydrogens is 202 g/mol. The van der Waals surface area contributed by atoms with E-state index in [1.54, 1.807) is 4.57 Å². The number of aliphatic hydroxyl groups excluding tert-OH is 1. The van der Waals surface area contributed by atoms with Crippen LogP contribution in [0.3, 0.4) is 0 Å². The number of aryl methyl sites for hydroxylation is 1. The van der Waals surface area contributed by atoms with E-state index in [9.17, 15) is 10.1 Å². The van der Waals surface area contributed by atoms with Crippen molar-refractivity contribution < 1.29 is 14.8 Å². The first-order valence-corrected chi connectivity index (χ1v) is 4.70. The van der Waals surface area contributed by atoms with E-state index in [2.05, 4.69) is 4.98 Å². The lowest BCUT2D eigenvalue weighted by Gasteiger charge is -2.20. The average Bonchev–Trinajstić information content (AvgIpc) is 2.61. The number of rotatable bonds is 3. The van der Waals surface area contributed by atoms with E-state index in [0.717, 1.165) is 6.42 Å². The zero-order chi connectivity index (χ0) is 10.8. The van der Waals surface area contributed by atoms with Crippen molar-refractivity contribution in [3.8, 4) is 6.01 Å². The Labute approximate surface area is 85.4 Å². The second kappa shape index (κ2) is 3.85. The number of imidazole rings is 1. The number of aromatic nitrogens is 2. The topological polar surface area (TPSA) is 90.4 Å². The number of nitrogens with zero attached hydrogens (tertiary/aromatic N) is 3. The molecule has 82 valence electrons. The number of nitro groups is 1. The Morgan fingerprint density at radius 2 is 2.60 bits per heavy atom. The summed E-state index contributed by atoms with van der Waals surface area (Å²) in [6, 6.07) is 0.270. The Morgan fingerprint density at radius 1 is 1.80 bits per heavy atom. The quantitative estimate of drug-likeness (QED) is 0.577. The minimum atomic E-state index is -0.546. The average molecular weight is 213 g/mol. The minimum absolute atomic E-state index is 0.0491. The van der Waals surface area contributed by atoms with E-state index >= 15 is 0 Å². The molecule has 7 heteroatoms. The fourth-order valence-electron chi connectivity index (χ4n) is 1.57. The van der Waals surface area contributed by atoms with Crippen molar-refractivity contribution in [3.05, 3.63) is 16.3 Å². The van der Waals surface area contributed by atoms with Crippen LogP contribution in [0.2, 0.25) is 0 Å². The van der Waals surface area contributed by atoms with Gasteiger partial charge in [0.2, 0.25) is 0 Å². The van der Waals surface area contributed by atoms with Gasteiger partial charge in [0.05, 0.1) is 0 Å². The molecule has 1 aliphatic rings. The zero-order valence-corrected chi connectivity index (χ0v) is 8.00. The largest absolute Gasteiger partial charge is 0.442 e. The van der Waals surface area contributed by atoms with Gasteiger partial charge in [-0.05, 0) is 4.92 Å². The maximum atomic E-state index is 10.5. The lowest BCUT2D eigenvalue weighted by Crippen LogP contribution is -2.26. The molecule has 1 aromatic heterocycles. The molecule has 2 heterocycles. The molecule has 0 saturated heterocycles. The van der Waals surface area contributed by atoms with Crippen LogP contribution in [-0.4, -0.2) is 32.3 Å². The monoisotopic (exact) mass is 213 g/mol. The van der Waals surface area contributed by atoms with Gasteiger partial charge in [0, 0.05) is 31.0 Å². The summed E-state index contributed by atoms with van der Waals surface area (Å²) in [5, 5.41) is 19.2. The number of hydrogen-bond donors (Lipinski definition) is 1. The maximum Gasteiger partial charge on any atom is 0.414 e. The van der Waals surface area contributed by atoms with Gasteiger partial charge in [-0.25, -0.2) is 0 Å². The maximum absolute atomic E-state index is 10.5. The summed E-state index contributed by atoms with van der Waals surface area (Å²) in [5.74, 6) is -0.199. The third kappa shape index (κ3) is 1.91. The smallest absolute Gasteiger partial charge is 0.414 e. The van der Waals surface area contributed by atoms with E-state index in [1.165, 1.54) is 6.20 Å². The van der Waals surface area contributed by atoms with Gasteiger partial charge in [0.1, 0.15) is 12.3 Å². The van der Waals surface area contributed by atoms with Crippen molar-refractivity contribution in [1.82, 2.24) is 9.55 Å². The van der Waals surface area contributed by atoms with Crippen LogP contribution in [0.15, 0.2) is 6.20 Å². The van der Waals surface area contributed by atoms with Crippen LogP contribution in [0.4, 0.5) is 5.82 Å². The number of aliphatic hydroxyl groups is 1. The lowest BCUT2D eigenvalue weighted by atomic mass is 10.2. The van der Waals surface area contributed by atoms with Gasteiger partial charge in [-0.2, -0.15) is 0 Å². The molecule has 15 heavy (non-hydrogen) atoms.